The first-order valence-electron chi connectivity index (χ1n) is 4.70. The summed E-state index contributed by atoms with van der Waals surface area (Å²) in [7, 11) is 0. The second-order valence-corrected chi connectivity index (χ2v) is 3.83. The molecule has 80 valence electrons. The van der Waals surface area contributed by atoms with Crippen LogP contribution in [0.25, 0.3) is 0 Å². The Hall–Kier alpha value is -1.27. The molecule has 0 radical (unpaired) electrons. The lowest BCUT2D eigenvalue weighted by Crippen LogP contribution is -2.27. The molecule has 0 unspecified atom stereocenters. The van der Waals surface area contributed by atoms with Crippen molar-refractivity contribution in [1.29, 1.82) is 0 Å². The molecule has 15 heavy (non-hydrogen) atoms. The van der Waals surface area contributed by atoms with Crippen molar-refractivity contribution in [2.24, 2.45) is 0 Å². The van der Waals surface area contributed by atoms with E-state index in [1.807, 2.05) is 0 Å². The maximum Gasteiger partial charge on any atom is 0.309 e. The maximum absolute atomic E-state index is 10.7. The molecular formula is C9H11N3O2S. The van der Waals surface area contributed by atoms with E-state index in [4.69, 9.17) is 17.3 Å². The van der Waals surface area contributed by atoms with E-state index in [-0.39, 0.29) is 6.42 Å². The van der Waals surface area contributed by atoms with Crippen LogP contribution in [0.1, 0.15) is 17.0 Å². The smallest absolute Gasteiger partial charge is 0.309 e. The zero-order valence-electron chi connectivity index (χ0n) is 8.04. The van der Waals surface area contributed by atoms with E-state index in [0.717, 1.165) is 24.2 Å². The lowest BCUT2D eigenvalue weighted by Gasteiger charge is -2.18. The van der Waals surface area contributed by atoms with Crippen LogP contribution in [0, 0.1) is 4.77 Å². The van der Waals surface area contributed by atoms with E-state index in [1.165, 1.54) is 0 Å². The Kier molecular flexibility index (Phi) is 2.79. The van der Waals surface area contributed by atoms with E-state index in [9.17, 15) is 4.79 Å². The minimum atomic E-state index is -0.879. The monoisotopic (exact) mass is 225 g/mol. The summed E-state index contributed by atoms with van der Waals surface area (Å²) >= 11 is 4.96. The number of hydrogen-bond acceptors (Lipinski definition) is 4. The predicted octanol–water partition coefficient (Wildman–Crippen LogP) is 0.412. The van der Waals surface area contributed by atoms with Gasteiger partial charge in [0.05, 0.1) is 12.1 Å². The maximum atomic E-state index is 10.7. The van der Waals surface area contributed by atoms with Gasteiger partial charge < -0.3 is 15.4 Å². The highest BCUT2D eigenvalue weighted by Gasteiger charge is 2.16. The van der Waals surface area contributed by atoms with Gasteiger partial charge in [-0.15, -0.1) is 0 Å². The molecule has 1 aromatic rings. The fourth-order valence-corrected chi connectivity index (χ4v) is 1.97. The molecule has 0 aromatic carbocycles. The Morgan fingerprint density at radius 1 is 1.60 bits per heavy atom. The number of aromatic nitrogens is 2. The van der Waals surface area contributed by atoms with Gasteiger partial charge in [0.15, 0.2) is 4.77 Å². The van der Waals surface area contributed by atoms with Crippen molar-refractivity contribution in [3.05, 3.63) is 21.7 Å². The number of aromatic amines is 1. The zero-order chi connectivity index (χ0) is 10.8. The molecule has 2 rings (SSSR count). The van der Waals surface area contributed by atoms with Crippen molar-refractivity contribution in [2.45, 2.75) is 19.4 Å². The van der Waals surface area contributed by atoms with E-state index in [2.05, 4.69) is 15.3 Å². The van der Waals surface area contributed by atoms with Gasteiger partial charge in [-0.05, 0) is 12.2 Å². The number of aliphatic carboxylic acids is 1. The topological polar surface area (TPSA) is 78.0 Å². The number of nitrogens with one attached hydrogen (secondary N) is 2. The Balaban J connectivity index is 2.47. The lowest BCUT2D eigenvalue weighted by atomic mass is 10.0. The van der Waals surface area contributed by atoms with Crippen molar-refractivity contribution in [3.63, 3.8) is 0 Å². The average Bonchev–Trinajstić information content (AvgIpc) is 2.16. The minimum absolute atomic E-state index is 0.0671. The van der Waals surface area contributed by atoms with Gasteiger partial charge in [-0.2, -0.15) is 0 Å². The van der Waals surface area contributed by atoms with Gasteiger partial charge >= 0.3 is 5.97 Å². The van der Waals surface area contributed by atoms with Gasteiger partial charge in [-0.25, -0.2) is 4.98 Å². The normalized spacial score (nSPS) is 14.7. The van der Waals surface area contributed by atoms with Crippen molar-refractivity contribution in [2.75, 3.05) is 6.54 Å². The van der Waals surface area contributed by atoms with Crippen LogP contribution in [0.15, 0.2) is 0 Å². The molecular weight excluding hydrogens is 214 g/mol. The molecule has 1 aliphatic rings. The number of hydrogen-bond donors (Lipinski definition) is 3. The SMILES string of the molecule is O=C(O)Cc1nc(=S)[nH]c2c1CNCC2. The van der Waals surface area contributed by atoms with Crippen LogP contribution in [0.2, 0.25) is 0 Å². The predicted molar refractivity (Wildman–Crippen MR) is 56.2 cm³/mol. The van der Waals surface area contributed by atoms with Crippen molar-refractivity contribution in [1.82, 2.24) is 15.3 Å². The van der Waals surface area contributed by atoms with Crippen LogP contribution in [0.3, 0.4) is 0 Å². The summed E-state index contributed by atoms with van der Waals surface area (Å²) in [5, 5.41) is 11.9. The van der Waals surface area contributed by atoms with E-state index in [0.29, 0.717) is 17.0 Å². The van der Waals surface area contributed by atoms with Crippen LogP contribution in [0.4, 0.5) is 0 Å². The molecule has 1 aromatic heterocycles. The molecule has 0 atom stereocenters. The number of rotatable bonds is 2. The van der Waals surface area contributed by atoms with Crippen LogP contribution in [-0.2, 0) is 24.2 Å². The van der Waals surface area contributed by atoms with Crippen LogP contribution >= 0.6 is 12.2 Å². The summed E-state index contributed by atoms with van der Waals surface area (Å²) in [6.07, 6.45) is 0.774. The standard InChI is InChI=1S/C9H11N3O2S/c13-8(14)3-7-5-4-10-2-1-6(5)11-9(15)12-7/h10H,1-4H2,(H,13,14)(H,11,12,15). The van der Waals surface area contributed by atoms with Crippen molar-refractivity contribution >= 4 is 18.2 Å². The highest BCUT2D eigenvalue weighted by molar-refractivity contribution is 7.71. The summed E-state index contributed by atoms with van der Waals surface area (Å²) in [6.45, 7) is 1.55. The molecule has 0 spiro atoms. The number of carbonyl (C=O) groups is 1. The van der Waals surface area contributed by atoms with Crippen LogP contribution in [-0.4, -0.2) is 27.6 Å². The quantitative estimate of drug-likeness (QED) is 0.635. The third-order valence-electron chi connectivity index (χ3n) is 2.38. The Labute approximate surface area is 91.6 Å². The van der Waals surface area contributed by atoms with Crippen molar-refractivity contribution in [3.8, 4) is 0 Å². The summed E-state index contributed by atoms with van der Waals surface area (Å²) in [4.78, 5) is 17.7. The number of carboxylic acids is 1. The van der Waals surface area contributed by atoms with Gasteiger partial charge in [0.1, 0.15) is 0 Å². The van der Waals surface area contributed by atoms with Crippen molar-refractivity contribution < 1.29 is 9.90 Å². The molecule has 0 bridgehead atoms. The third-order valence-corrected chi connectivity index (χ3v) is 2.57. The number of nitrogens with zero attached hydrogens (tertiary/aromatic N) is 1. The molecule has 0 fully saturated rings. The number of H-pyrrole nitrogens is 1. The molecule has 5 nitrogen and oxygen atoms in total. The van der Waals surface area contributed by atoms with E-state index in [1.54, 1.807) is 0 Å². The first kappa shape index (κ1) is 10.3. The fourth-order valence-electron chi connectivity index (χ4n) is 1.74. The highest BCUT2D eigenvalue weighted by atomic mass is 32.1. The Bertz CT molecular complexity index is 455. The van der Waals surface area contributed by atoms with Gasteiger partial charge in [0.2, 0.25) is 0 Å². The lowest BCUT2D eigenvalue weighted by molar-refractivity contribution is -0.136. The number of carboxylic acid groups (broad SMARTS) is 1. The second kappa shape index (κ2) is 4.08. The minimum Gasteiger partial charge on any atom is -0.481 e. The largest absolute Gasteiger partial charge is 0.481 e. The molecule has 6 heteroatoms. The fraction of sp³-hybridized carbons (Fsp3) is 0.444. The molecule has 1 aliphatic heterocycles. The molecule has 0 amide bonds. The molecule has 0 saturated heterocycles. The molecule has 2 heterocycles. The van der Waals surface area contributed by atoms with Crippen LogP contribution in [0.5, 0.6) is 0 Å². The summed E-state index contributed by atoms with van der Waals surface area (Å²) in [5.74, 6) is -0.879. The second-order valence-electron chi connectivity index (χ2n) is 3.44. The highest BCUT2D eigenvalue weighted by Crippen LogP contribution is 2.15. The van der Waals surface area contributed by atoms with Crippen LogP contribution < -0.4 is 5.32 Å². The first-order chi connectivity index (χ1) is 7.16. The molecule has 0 saturated carbocycles. The average molecular weight is 225 g/mol. The van der Waals surface area contributed by atoms with Gasteiger partial charge in [-0.3, -0.25) is 4.79 Å². The van der Waals surface area contributed by atoms with E-state index >= 15 is 0 Å². The zero-order valence-corrected chi connectivity index (χ0v) is 8.86. The Morgan fingerprint density at radius 3 is 3.13 bits per heavy atom. The summed E-state index contributed by atoms with van der Waals surface area (Å²) < 4.78 is 0.368. The molecule has 0 aliphatic carbocycles. The Morgan fingerprint density at radius 2 is 2.40 bits per heavy atom. The third kappa shape index (κ3) is 2.21. The molecule has 3 N–H and O–H groups in total. The summed E-state index contributed by atoms with van der Waals surface area (Å²) in [5.41, 5.74) is 2.55. The van der Waals surface area contributed by atoms with Gasteiger partial charge in [0, 0.05) is 30.8 Å². The van der Waals surface area contributed by atoms with Gasteiger partial charge in [-0.1, -0.05) is 0 Å². The summed E-state index contributed by atoms with van der Waals surface area (Å²) in [6, 6.07) is 0. The number of fused-ring (bicyclic) bond motifs is 1. The van der Waals surface area contributed by atoms with Gasteiger partial charge in [0.25, 0.3) is 0 Å². The first-order valence-corrected chi connectivity index (χ1v) is 5.11. The van der Waals surface area contributed by atoms with E-state index < -0.39 is 5.97 Å².